The first kappa shape index (κ1) is 30.6. The fourth-order valence-electron chi connectivity index (χ4n) is 3.84. The molecule has 2 aliphatic rings. The summed E-state index contributed by atoms with van der Waals surface area (Å²) in [5.74, 6) is -0.673. The second-order valence-electron chi connectivity index (χ2n) is 9.61. The Kier molecular flexibility index (Phi) is 11.1. The molecule has 0 saturated carbocycles. The summed E-state index contributed by atoms with van der Waals surface area (Å²) in [4.78, 5) is 43.2. The molecule has 12 nitrogen and oxygen atoms in total. The Labute approximate surface area is 226 Å². The first-order valence-corrected chi connectivity index (χ1v) is 11.8. The number of pyridine rings is 2. The molecule has 13 heteroatoms. The molecule has 4 rings (SSSR count). The topological polar surface area (TPSA) is 160 Å². The van der Waals surface area contributed by atoms with Crippen LogP contribution in [0.4, 0.5) is 4.79 Å². The molecule has 2 saturated heterocycles. The number of carboxylic acid groups (broad SMARTS) is 2. The van der Waals surface area contributed by atoms with Crippen molar-refractivity contribution >= 4 is 30.4 Å². The quantitative estimate of drug-likeness (QED) is 0.483. The summed E-state index contributed by atoms with van der Waals surface area (Å²) in [5, 5.41) is 20.9. The predicted molar refractivity (Wildman–Crippen MR) is 138 cm³/mol. The molecule has 2 fully saturated rings. The number of rotatable bonds is 6. The number of aromatic nitrogens is 2. The van der Waals surface area contributed by atoms with Crippen molar-refractivity contribution < 1.29 is 38.8 Å². The highest BCUT2D eigenvalue weighted by atomic mass is 35.5. The molecule has 0 aliphatic carbocycles. The second kappa shape index (κ2) is 13.8. The number of carbonyl (C=O) groups is 3. The van der Waals surface area contributed by atoms with Crippen molar-refractivity contribution in [1.29, 1.82) is 0 Å². The van der Waals surface area contributed by atoms with Crippen LogP contribution in [-0.2, 0) is 14.3 Å². The molecule has 2 aromatic heterocycles. The van der Waals surface area contributed by atoms with Crippen LogP contribution in [0.15, 0.2) is 49.1 Å². The van der Waals surface area contributed by atoms with Gasteiger partial charge in [0, 0.05) is 31.8 Å². The van der Waals surface area contributed by atoms with Crippen molar-refractivity contribution in [3.63, 3.8) is 0 Å². The highest BCUT2D eigenvalue weighted by Gasteiger charge is 2.42. The summed E-state index contributed by atoms with van der Waals surface area (Å²) >= 11 is 0. The Bertz CT molecular complexity index is 1050. The predicted octanol–water partition coefficient (Wildman–Crippen LogP) is 2.62. The van der Waals surface area contributed by atoms with Crippen molar-refractivity contribution in [2.75, 3.05) is 13.1 Å². The third kappa shape index (κ3) is 9.34. The molecule has 1 amide bonds. The van der Waals surface area contributed by atoms with E-state index >= 15 is 0 Å². The Hall–Kier alpha value is -3.64. The molecule has 208 valence electrons. The summed E-state index contributed by atoms with van der Waals surface area (Å²) in [5.41, 5.74) is -0.678. The molecule has 38 heavy (non-hydrogen) atoms. The van der Waals surface area contributed by atoms with Crippen LogP contribution in [0.2, 0.25) is 0 Å². The van der Waals surface area contributed by atoms with E-state index in [1.54, 1.807) is 69.8 Å². The Morgan fingerprint density at radius 1 is 0.947 bits per heavy atom. The molecule has 4 heterocycles. The number of aliphatic carboxylic acids is 2. The lowest BCUT2D eigenvalue weighted by molar-refractivity contribution is -0.142. The van der Waals surface area contributed by atoms with E-state index in [2.05, 4.69) is 15.3 Å². The molecule has 0 bridgehead atoms. The number of nitrogens with one attached hydrogen (secondary N) is 1. The van der Waals surface area contributed by atoms with Crippen molar-refractivity contribution in [2.24, 2.45) is 0 Å². The number of hydrogen-bond donors (Lipinski definition) is 3. The number of hydrogen-bond acceptors (Lipinski definition) is 9. The van der Waals surface area contributed by atoms with Crippen LogP contribution in [0.3, 0.4) is 0 Å². The minimum atomic E-state index is -1.07. The van der Waals surface area contributed by atoms with E-state index in [0.717, 1.165) is 0 Å². The van der Waals surface area contributed by atoms with E-state index in [9.17, 15) is 19.5 Å². The van der Waals surface area contributed by atoms with Crippen LogP contribution in [-0.4, -0.2) is 86.1 Å². The van der Waals surface area contributed by atoms with Gasteiger partial charge in [-0.05, 0) is 45.0 Å². The Morgan fingerprint density at radius 3 is 1.97 bits per heavy atom. The molecule has 4 atom stereocenters. The van der Waals surface area contributed by atoms with E-state index in [1.807, 2.05) is 0 Å². The number of carbonyl (C=O) groups excluding carboxylic acids is 1. The normalized spacial score (nSPS) is 22.3. The van der Waals surface area contributed by atoms with E-state index in [0.29, 0.717) is 24.5 Å². The molecule has 0 unspecified atom stereocenters. The summed E-state index contributed by atoms with van der Waals surface area (Å²) in [7, 11) is 0. The lowest BCUT2D eigenvalue weighted by Crippen LogP contribution is -2.43. The highest BCUT2D eigenvalue weighted by Crippen LogP contribution is 2.25. The summed E-state index contributed by atoms with van der Waals surface area (Å²) in [6.45, 7) is 5.94. The van der Waals surface area contributed by atoms with Crippen molar-refractivity contribution in [3.8, 4) is 11.5 Å². The molecule has 0 aromatic carbocycles. The third-order valence-electron chi connectivity index (χ3n) is 5.44. The van der Waals surface area contributed by atoms with Crippen molar-refractivity contribution in [2.45, 2.75) is 63.5 Å². The zero-order valence-electron chi connectivity index (χ0n) is 21.4. The van der Waals surface area contributed by atoms with Gasteiger partial charge in [0.2, 0.25) is 0 Å². The number of likely N-dealkylation sites (tertiary alicyclic amines) is 1. The van der Waals surface area contributed by atoms with Crippen molar-refractivity contribution in [1.82, 2.24) is 20.2 Å². The SMILES string of the molecule is CC(C)(C)OC(=O)N1C[C@@H](Oc2cccnc2)C[C@H]1C(=O)O.Cl.O=C(O)[C@@H]1C[C@H](Oc2cccnc2)CN1. The number of ether oxygens (including phenoxy) is 3. The van der Waals surface area contributed by atoms with Crippen LogP contribution in [0.1, 0.15) is 33.6 Å². The summed E-state index contributed by atoms with van der Waals surface area (Å²) in [6.07, 6.45) is 6.02. The van der Waals surface area contributed by atoms with Crippen LogP contribution >= 0.6 is 12.4 Å². The van der Waals surface area contributed by atoms with Gasteiger partial charge in [0.15, 0.2) is 0 Å². The van der Waals surface area contributed by atoms with Gasteiger partial charge in [-0.15, -0.1) is 12.4 Å². The van der Waals surface area contributed by atoms with Crippen LogP contribution < -0.4 is 14.8 Å². The van der Waals surface area contributed by atoms with Gasteiger partial charge in [-0.3, -0.25) is 19.7 Å². The van der Waals surface area contributed by atoms with E-state index in [-0.39, 0.29) is 31.5 Å². The van der Waals surface area contributed by atoms with Crippen LogP contribution in [0, 0.1) is 0 Å². The first-order chi connectivity index (χ1) is 17.5. The van der Waals surface area contributed by atoms with Gasteiger partial charge in [0.05, 0.1) is 18.9 Å². The highest BCUT2D eigenvalue weighted by molar-refractivity contribution is 5.85. The third-order valence-corrected chi connectivity index (χ3v) is 5.44. The van der Waals surface area contributed by atoms with Crippen LogP contribution in [0.5, 0.6) is 11.5 Å². The maximum Gasteiger partial charge on any atom is 0.411 e. The maximum absolute atomic E-state index is 12.1. The molecule has 0 radical (unpaired) electrons. The Morgan fingerprint density at radius 2 is 1.53 bits per heavy atom. The molecule has 0 spiro atoms. The first-order valence-electron chi connectivity index (χ1n) is 11.8. The second-order valence-corrected chi connectivity index (χ2v) is 9.61. The Balaban J connectivity index is 0.000000277. The minimum absolute atomic E-state index is 0. The molecular weight excluding hydrogens is 520 g/mol. The summed E-state index contributed by atoms with van der Waals surface area (Å²) in [6, 6.07) is 5.61. The number of carboxylic acids is 2. The van der Waals surface area contributed by atoms with Crippen molar-refractivity contribution in [3.05, 3.63) is 49.1 Å². The van der Waals surface area contributed by atoms with Gasteiger partial charge in [0.25, 0.3) is 0 Å². The maximum atomic E-state index is 12.1. The van der Waals surface area contributed by atoms with Gasteiger partial charge in [-0.1, -0.05) is 0 Å². The smallest absolute Gasteiger partial charge is 0.411 e. The average molecular weight is 553 g/mol. The monoisotopic (exact) mass is 552 g/mol. The lowest BCUT2D eigenvalue weighted by atomic mass is 10.2. The number of amides is 1. The largest absolute Gasteiger partial charge is 0.487 e. The van der Waals surface area contributed by atoms with E-state index < -0.39 is 41.8 Å². The van der Waals surface area contributed by atoms with E-state index in [4.69, 9.17) is 19.3 Å². The molecule has 2 aromatic rings. The van der Waals surface area contributed by atoms with Gasteiger partial charge < -0.3 is 29.7 Å². The minimum Gasteiger partial charge on any atom is -0.487 e. The van der Waals surface area contributed by atoms with E-state index in [1.165, 1.54) is 4.90 Å². The molecule has 2 aliphatic heterocycles. The molecule has 3 N–H and O–H groups in total. The number of halogens is 1. The van der Waals surface area contributed by atoms with Gasteiger partial charge >= 0.3 is 18.0 Å². The summed E-state index contributed by atoms with van der Waals surface area (Å²) < 4.78 is 16.5. The average Bonchev–Trinajstić information content (AvgIpc) is 3.48. The fraction of sp³-hybridized carbons (Fsp3) is 0.480. The zero-order chi connectivity index (χ0) is 27.0. The number of nitrogens with zero attached hydrogens (tertiary/aromatic N) is 3. The fourth-order valence-corrected chi connectivity index (χ4v) is 3.84. The van der Waals surface area contributed by atoms with Gasteiger partial charge in [0.1, 0.15) is 41.4 Å². The zero-order valence-corrected chi connectivity index (χ0v) is 22.2. The van der Waals surface area contributed by atoms with Gasteiger partial charge in [-0.2, -0.15) is 0 Å². The van der Waals surface area contributed by atoms with Gasteiger partial charge in [-0.25, -0.2) is 9.59 Å². The molecular formula is C25H33ClN4O8. The standard InChI is InChI=1S/C15H20N2O5.C10H12N2O3.ClH/c1-15(2,3)22-14(20)17-9-11(7-12(17)13(18)19)21-10-5-4-6-16-8-10;13-10(14)9-4-8(6-12-9)15-7-2-1-3-11-5-7;/h4-6,8,11-12H,7,9H2,1-3H3,(H,18,19);1-3,5,8-9,12H,4,6H2,(H,13,14);1H/t11-,12-;8-,9-;/m00./s1. The lowest BCUT2D eigenvalue weighted by Gasteiger charge is -2.26. The van der Waals surface area contributed by atoms with Crippen LogP contribution in [0.25, 0.3) is 0 Å².